The van der Waals surface area contributed by atoms with Crippen molar-refractivity contribution in [3.05, 3.63) is 12.5 Å². The van der Waals surface area contributed by atoms with Gasteiger partial charge >= 0.3 is 0 Å². The third-order valence-electron chi connectivity index (χ3n) is 1.53. The van der Waals surface area contributed by atoms with Crippen molar-refractivity contribution >= 4 is 22.5 Å². The number of H-pyrrole nitrogens is 1. The Bertz CT molecular complexity index is 391. The molecule has 0 unspecified atom stereocenters. The highest BCUT2D eigenvalue weighted by atomic mass is 15.0. The third-order valence-corrected chi connectivity index (χ3v) is 1.53. The Morgan fingerprint density at radius 1 is 1.27 bits per heavy atom. The van der Waals surface area contributed by atoms with E-state index in [1.165, 1.54) is 6.33 Å². The highest BCUT2D eigenvalue weighted by Gasteiger charge is 2.04. The lowest BCUT2D eigenvalue weighted by atomic mass is 10.3. The quantitative estimate of drug-likeness (QED) is 0.496. The van der Waals surface area contributed by atoms with Crippen molar-refractivity contribution in [1.29, 1.82) is 0 Å². The number of aromatic amines is 1. The van der Waals surface area contributed by atoms with Crippen LogP contribution in [0.3, 0.4) is 0 Å². The maximum Gasteiger partial charge on any atom is 0.145 e. The molecule has 0 aliphatic rings. The topological polar surface area (TPSA) is 93.6 Å². The number of rotatable bonds is 0. The van der Waals surface area contributed by atoms with Crippen molar-refractivity contribution in [2.75, 3.05) is 11.5 Å². The average Bonchev–Trinajstić information content (AvgIpc) is 2.34. The minimum Gasteiger partial charge on any atom is -0.397 e. The standard InChI is InChI=1S/C6H7N5/c7-3-1-9-6-4(3)5(8)10-2-11-6/h1-2H,7H2,(H3,8,9,10,11). The summed E-state index contributed by atoms with van der Waals surface area (Å²) < 4.78 is 0. The van der Waals surface area contributed by atoms with Crippen molar-refractivity contribution in [3.8, 4) is 0 Å². The molecular formula is C6H7N5. The summed E-state index contributed by atoms with van der Waals surface area (Å²) in [5, 5.41) is 0.701. The molecule has 0 fully saturated rings. The first-order valence-corrected chi connectivity index (χ1v) is 3.12. The zero-order valence-electron chi connectivity index (χ0n) is 5.70. The first-order chi connectivity index (χ1) is 5.29. The minimum atomic E-state index is 0.411. The Kier molecular flexibility index (Phi) is 1.00. The predicted molar refractivity (Wildman–Crippen MR) is 42.7 cm³/mol. The van der Waals surface area contributed by atoms with E-state index in [1.807, 2.05) is 0 Å². The fraction of sp³-hybridized carbons (Fsp3) is 0. The van der Waals surface area contributed by atoms with E-state index in [9.17, 15) is 0 Å². The molecule has 0 aliphatic heterocycles. The van der Waals surface area contributed by atoms with Crippen LogP contribution in [0, 0.1) is 0 Å². The van der Waals surface area contributed by atoms with Crippen molar-refractivity contribution in [1.82, 2.24) is 15.0 Å². The lowest BCUT2D eigenvalue weighted by molar-refractivity contribution is 1.21. The highest BCUT2D eigenvalue weighted by molar-refractivity contribution is 5.96. The molecule has 2 rings (SSSR count). The molecule has 2 aromatic rings. The molecule has 5 N–H and O–H groups in total. The van der Waals surface area contributed by atoms with Crippen molar-refractivity contribution in [3.63, 3.8) is 0 Å². The van der Waals surface area contributed by atoms with Crippen LogP contribution < -0.4 is 11.5 Å². The molecule has 2 aromatic heterocycles. The first-order valence-electron chi connectivity index (χ1n) is 3.12. The molecule has 0 aliphatic carbocycles. The molecule has 0 atom stereocenters. The zero-order chi connectivity index (χ0) is 7.84. The molecule has 0 bridgehead atoms. The van der Waals surface area contributed by atoms with Gasteiger partial charge in [-0.1, -0.05) is 0 Å². The van der Waals surface area contributed by atoms with E-state index in [2.05, 4.69) is 15.0 Å². The molecule has 11 heavy (non-hydrogen) atoms. The summed E-state index contributed by atoms with van der Waals surface area (Å²) in [7, 11) is 0. The molecular weight excluding hydrogens is 142 g/mol. The summed E-state index contributed by atoms with van der Waals surface area (Å²) in [5.74, 6) is 0.411. The van der Waals surface area contributed by atoms with E-state index in [1.54, 1.807) is 6.20 Å². The van der Waals surface area contributed by atoms with Gasteiger partial charge in [-0.15, -0.1) is 0 Å². The molecule has 0 saturated heterocycles. The van der Waals surface area contributed by atoms with Gasteiger partial charge in [0.2, 0.25) is 0 Å². The van der Waals surface area contributed by atoms with E-state index in [0.29, 0.717) is 22.5 Å². The van der Waals surface area contributed by atoms with E-state index in [0.717, 1.165) is 0 Å². The van der Waals surface area contributed by atoms with Crippen LogP contribution in [0.5, 0.6) is 0 Å². The molecule has 5 heteroatoms. The molecule has 0 amide bonds. The Morgan fingerprint density at radius 2 is 2.09 bits per heavy atom. The number of nitrogens with zero attached hydrogens (tertiary/aromatic N) is 2. The van der Waals surface area contributed by atoms with Crippen LogP contribution >= 0.6 is 0 Å². The summed E-state index contributed by atoms with van der Waals surface area (Å²) in [4.78, 5) is 10.6. The molecule has 56 valence electrons. The van der Waals surface area contributed by atoms with Crippen LogP contribution in [-0.4, -0.2) is 15.0 Å². The predicted octanol–water partition coefficient (Wildman–Crippen LogP) is 0.122. The Labute approximate surface area is 62.4 Å². The van der Waals surface area contributed by atoms with Gasteiger partial charge in [-0.2, -0.15) is 0 Å². The van der Waals surface area contributed by atoms with E-state index < -0.39 is 0 Å². The number of anilines is 2. The van der Waals surface area contributed by atoms with Gasteiger partial charge in [0, 0.05) is 6.20 Å². The van der Waals surface area contributed by atoms with Crippen molar-refractivity contribution in [2.45, 2.75) is 0 Å². The zero-order valence-corrected chi connectivity index (χ0v) is 5.70. The molecule has 0 aromatic carbocycles. The van der Waals surface area contributed by atoms with Gasteiger partial charge in [0.25, 0.3) is 0 Å². The summed E-state index contributed by atoms with van der Waals surface area (Å²) in [6.07, 6.45) is 3.04. The van der Waals surface area contributed by atoms with E-state index >= 15 is 0 Å². The lowest BCUT2D eigenvalue weighted by Gasteiger charge is -1.93. The normalized spacial score (nSPS) is 10.5. The number of nitrogens with two attached hydrogens (primary N) is 2. The maximum absolute atomic E-state index is 5.59. The van der Waals surface area contributed by atoms with Crippen LogP contribution in [0.2, 0.25) is 0 Å². The van der Waals surface area contributed by atoms with Gasteiger partial charge in [-0.05, 0) is 0 Å². The van der Waals surface area contributed by atoms with Crippen LogP contribution in [0.15, 0.2) is 12.5 Å². The number of aromatic nitrogens is 3. The fourth-order valence-corrected chi connectivity index (χ4v) is 1.01. The van der Waals surface area contributed by atoms with Crippen LogP contribution in [0.1, 0.15) is 0 Å². The second kappa shape index (κ2) is 1.85. The second-order valence-corrected chi connectivity index (χ2v) is 2.23. The Balaban J connectivity index is 2.96. The summed E-state index contributed by atoms with van der Waals surface area (Å²) in [5.41, 5.74) is 12.4. The van der Waals surface area contributed by atoms with Crippen molar-refractivity contribution < 1.29 is 0 Å². The van der Waals surface area contributed by atoms with Gasteiger partial charge in [0.15, 0.2) is 0 Å². The summed E-state index contributed by atoms with van der Waals surface area (Å²) >= 11 is 0. The Morgan fingerprint density at radius 3 is 2.82 bits per heavy atom. The van der Waals surface area contributed by atoms with Crippen molar-refractivity contribution in [2.24, 2.45) is 0 Å². The fourth-order valence-electron chi connectivity index (χ4n) is 1.01. The average molecular weight is 149 g/mol. The second-order valence-electron chi connectivity index (χ2n) is 2.23. The number of hydrogen-bond donors (Lipinski definition) is 3. The van der Waals surface area contributed by atoms with Crippen LogP contribution in [0.25, 0.3) is 11.0 Å². The van der Waals surface area contributed by atoms with Gasteiger partial charge in [-0.25, -0.2) is 9.97 Å². The molecule has 0 spiro atoms. The maximum atomic E-state index is 5.59. The highest BCUT2D eigenvalue weighted by Crippen LogP contribution is 2.21. The van der Waals surface area contributed by atoms with Gasteiger partial charge in [0.1, 0.15) is 17.8 Å². The SMILES string of the molecule is Nc1c[nH]c2ncnc(N)c12. The minimum absolute atomic E-state index is 0.411. The smallest absolute Gasteiger partial charge is 0.145 e. The van der Waals surface area contributed by atoms with Gasteiger partial charge in [0.05, 0.1) is 11.1 Å². The monoisotopic (exact) mass is 149 g/mol. The third kappa shape index (κ3) is 0.706. The lowest BCUT2D eigenvalue weighted by Crippen LogP contribution is -1.93. The summed E-state index contributed by atoms with van der Waals surface area (Å²) in [6.45, 7) is 0. The van der Waals surface area contributed by atoms with Gasteiger partial charge < -0.3 is 16.5 Å². The molecule has 0 radical (unpaired) electrons. The van der Waals surface area contributed by atoms with E-state index in [4.69, 9.17) is 11.5 Å². The Hall–Kier alpha value is -1.78. The van der Waals surface area contributed by atoms with Gasteiger partial charge in [-0.3, -0.25) is 0 Å². The van der Waals surface area contributed by atoms with Crippen LogP contribution in [0.4, 0.5) is 11.5 Å². The number of nitrogen functional groups attached to an aromatic ring is 2. The van der Waals surface area contributed by atoms with Crippen LogP contribution in [-0.2, 0) is 0 Å². The largest absolute Gasteiger partial charge is 0.397 e. The number of nitrogens with one attached hydrogen (secondary N) is 1. The number of hydrogen-bond acceptors (Lipinski definition) is 4. The molecule has 0 saturated carbocycles. The van der Waals surface area contributed by atoms with E-state index in [-0.39, 0.29) is 0 Å². The molecule has 2 heterocycles. The molecule has 5 nitrogen and oxygen atoms in total. The first kappa shape index (κ1) is 5.96. The summed E-state index contributed by atoms with van der Waals surface area (Å²) in [6, 6.07) is 0. The number of fused-ring (bicyclic) bond motifs is 1.